The number of likely N-dealkylation sites (tertiary alicyclic amines) is 1. The van der Waals surface area contributed by atoms with Crippen LogP contribution in [0.15, 0.2) is 48.0 Å². The number of nitrogens with zero attached hydrogens (tertiary/aromatic N) is 2. The molecule has 2 aromatic rings. The van der Waals surface area contributed by atoms with Crippen LogP contribution >= 0.6 is 0 Å². The van der Waals surface area contributed by atoms with E-state index in [2.05, 4.69) is 13.8 Å². The van der Waals surface area contributed by atoms with Crippen LogP contribution in [0.1, 0.15) is 37.9 Å². The number of carbonyl (C=O) groups is 2. The number of rotatable bonds is 11. The van der Waals surface area contributed by atoms with Crippen molar-refractivity contribution in [3.8, 4) is 17.2 Å². The van der Waals surface area contributed by atoms with Crippen LogP contribution in [0.3, 0.4) is 0 Å². The molecule has 0 aliphatic carbocycles. The third kappa shape index (κ3) is 5.99. The van der Waals surface area contributed by atoms with E-state index < -0.39 is 17.7 Å². The van der Waals surface area contributed by atoms with Gasteiger partial charge >= 0.3 is 0 Å². The normalized spacial score (nSPS) is 17.2. The fraction of sp³-hybridized carbons (Fsp3) is 0.429. The molecule has 2 aromatic carbocycles. The Morgan fingerprint density at radius 1 is 1.06 bits per heavy atom. The van der Waals surface area contributed by atoms with Gasteiger partial charge in [-0.15, -0.1) is 0 Å². The van der Waals surface area contributed by atoms with Crippen molar-refractivity contribution in [2.45, 2.75) is 26.8 Å². The van der Waals surface area contributed by atoms with E-state index in [9.17, 15) is 14.7 Å². The average Bonchev–Trinajstić information content (AvgIpc) is 3.11. The van der Waals surface area contributed by atoms with Crippen LogP contribution in [-0.2, 0) is 9.59 Å². The smallest absolute Gasteiger partial charge is 0.295 e. The van der Waals surface area contributed by atoms with Gasteiger partial charge < -0.3 is 29.1 Å². The lowest BCUT2D eigenvalue weighted by molar-refractivity contribution is -0.140. The number of aliphatic hydroxyl groups is 1. The average molecular weight is 497 g/mol. The van der Waals surface area contributed by atoms with Crippen molar-refractivity contribution in [3.05, 3.63) is 59.2 Å². The second kappa shape index (κ2) is 11.9. The van der Waals surface area contributed by atoms with E-state index in [1.54, 1.807) is 42.5 Å². The van der Waals surface area contributed by atoms with Crippen LogP contribution in [0.5, 0.6) is 17.2 Å². The van der Waals surface area contributed by atoms with Gasteiger partial charge in [0.05, 0.1) is 31.9 Å². The van der Waals surface area contributed by atoms with E-state index in [4.69, 9.17) is 14.2 Å². The monoisotopic (exact) mass is 496 g/mol. The molecule has 8 heteroatoms. The molecule has 36 heavy (non-hydrogen) atoms. The molecule has 0 bridgehead atoms. The fourth-order valence-electron chi connectivity index (χ4n) is 4.02. The van der Waals surface area contributed by atoms with Crippen molar-refractivity contribution in [2.24, 2.45) is 5.92 Å². The minimum atomic E-state index is -0.772. The Hall–Kier alpha value is -3.52. The molecular weight excluding hydrogens is 460 g/mol. The molecule has 194 valence electrons. The van der Waals surface area contributed by atoms with Crippen LogP contribution < -0.4 is 14.2 Å². The van der Waals surface area contributed by atoms with Crippen LogP contribution in [0.25, 0.3) is 5.76 Å². The predicted molar refractivity (Wildman–Crippen MR) is 139 cm³/mol. The largest absolute Gasteiger partial charge is 0.507 e. The standard InChI is InChI=1S/C28H36N2O6/c1-7-35-22-13-10-20(16-23(22)34-6)25-24(27(32)28(33)30(25)15-14-29(4)5)26(31)19-8-11-21(12-9-19)36-17-18(2)3/h8-13,16,18,25,31H,7,14-15,17H2,1-6H3/b26-24+/t25-/m1/s1. The van der Waals surface area contributed by atoms with Crippen molar-refractivity contribution in [1.29, 1.82) is 0 Å². The van der Waals surface area contributed by atoms with Crippen LogP contribution in [-0.4, -0.2) is 74.1 Å². The molecule has 1 heterocycles. The number of likely N-dealkylation sites (N-methyl/N-ethyl adjacent to an activating group) is 1. The van der Waals surface area contributed by atoms with Crippen LogP contribution in [0.4, 0.5) is 0 Å². The third-order valence-corrected chi connectivity index (χ3v) is 5.84. The molecule has 3 rings (SSSR count). The van der Waals surface area contributed by atoms with Crippen molar-refractivity contribution >= 4 is 17.4 Å². The number of Topliss-reactive ketones (excluding diaryl/α,β-unsaturated/α-hetero) is 1. The van der Waals surface area contributed by atoms with Crippen LogP contribution in [0.2, 0.25) is 0 Å². The summed E-state index contributed by atoms with van der Waals surface area (Å²) in [6.45, 7) is 7.91. The minimum absolute atomic E-state index is 0.0424. The van der Waals surface area contributed by atoms with E-state index in [1.165, 1.54) is 12.0 Å². The van der Waals surface area contributed by atoms with Gasteiger partial charge in [0.1, 0.15) is 11.5 Å². The first kappa shape index (κ1) is 27.1. The highest BCUT2D eigenvalue weighted by Gasteiger charge is 2.46. The van der Waals surface area contributed by atoms with Crippen molar-refractivity contribution in [1.82, 2.24) is 9.80 Å². The molecule has 1 N–H and O–H groups in total. The molecule has 1 saturated heterocycles. The lowest BCUT2D eigenvalue weighted by atomic mass is 9.95. The molecule has 0 aromatic heterocycles. The molecule has 1 aliphatic heterocycles. The highest BCUT2D eigenvalue weighted by molar-refractivity contribution is 6.46. The van der Waals surface area contributed by atoms with Crippen LogP contribution in [0, 0.1) is 5.92 Å². The molecule has 1 aliphatic rings. The maximum absolute atomic E-state index is 13.2. The number of carbonyl (C=O) groups excluding carboxylic acids is 2. The van der Waals surface area contributed by atoms with Gasteiger partial charge in [0, 0.05) is 18.7 Å². The van der Waals surface area contributed by atoms with E-state index >= 15 is 0 Å². The number of ether oxygens (including phenoxy) is 3. The Morgan fingerprint density at radius 2 is 1.75 bits per heavy atom. The summed E-state index contributed by atoms with van der Waals surface area (Å²) < 4.78 is 16.9. The first-order valence-corrected chi connectivity index (χ1v) is 12.1. The van der Waals surface area contributed by atoms with Crippen molar-refractivity contribution in [3.63, 3.8) is 0 Å². The zero-order valence-corrected chi connectivity index (χ0v) is 21.9. The zero-order chi connectivity index (χ0) is 26.4. The summed E-state index contributed by atoms with van der Waals surface area (Å²) in [4.78, 5) is 29.8. The van der Waals surface area contributed by atoms with Crippen molar-refractivity contribution in [2.75, 3.05) is 47.5 Å². The molecule has 8 nitrogen and oxygen atoms in total. The van der Waals surface area contributed by atoms with Gasteiger partial charge in [-0.05, 0) is 68.9 Å². The summed E-state index contributed by atoms with van der Waals surface area (Å²) in [6.07, 6.45) is 0. The summed E-state index contributed by atoms with van der Waals surface area (Å²) >= 11 is 0. The Bertz CT molecular complexity index is 1110. The highest BCUT2D eigenvalue weighted by atomic mass is 16.5. The summed E-state index contributed by atoms with van der Waals surface area (Å²) in [6, 6.07) is 11.4. The number of ketones is 1. The first-order valence-electron chi connectivity index (χ1n) is 12.1. The number of hydrogen-bond acceptors (Lipinski definition) is 7. The molecule has 0 saturated carbocycles. The number of amides is 1. The third-order valence-electron chi connectivity index (χ3n) is 5.84. The zero-order valence-electron chi connectivity index (χ0n) is 21.9. The quantitative estimate of drug-likeness (QED) is 0.285. The van der Waals surface area contributed by atoms with E-state index in [0.29, 0.717) is 60.6 Å². The van der Waals surface area contributed by atoms with Gasteiger partial charge in [0.25, 0.3) is 11.7 Å². The second-order valence-corrected chi connectivity index (χ2v) is 9.37. The summed E-state index contributed by atoms with van der Waals surface area (Å²) in [5.74, 6) is 0.498. The van der Waals surface area contributed by atoms with Gasteiger partial charge in [-0.25, -0.2) is 0 Å². The van der Waals surface area contributed by atoms with Crippen molar-refractivity contribution < 1.29 is 28.9 Å². The minimum Gasteiger partial charge on any atom is -0.507 e. The van der Waals surface area contributed by atoms with E-state index in [-0.39, 0.29) is 11.3 Å². The van der Waals surface area contributed by atoms with Gasteiger partial charge in [0.2, 0.25) is 0 Å². The lowest BCUT2D eigenvalue weighted by Crippen LogP contribution is -2.35. The number of aliphatic hydroxyl groups excluding tert-OH is 1. The van der Waals surface area contributed by atoms with Gasteiger partial charge in [-0.2, -0.15) is 0 Å². The maximum atomic E-state index is 13.2. The number of benzene rings is 2. The molecule has 0 radical (unpaired) electrons. The SMILES string of the molecule is CCOc1ccc([C@@H]2/C(=C(\O)c3ccc(OCC(C)C)cc3)C(=O)C(=O)N2CCN(C)C)cc1OC. The molecule has 0 spiro atoms. The fourth-order valence-corrected chi connectivity index (χ4v) is 4.02. The summed E-state index contributed by atoms with van der Waals surface area (Å²) in [5.41, 5.74) is 1.12. The van der Waals surface area contributed by atoms with Gasteiger partial charge in [-0.3, -0.25) is 9.59 Å². The van der Waals surface area contributed by atoms with Gasteiger partial charge in [0.15, 0.2) is 11.5 Å². The van der Waals surface area contributed by atoms with E-state index in [1.807, 2.05) is 25.9 Å². The first-order chi connectivity index (χ1) is 17.2. The van der Waals surface area contributed by atoms with E-state index in [0.717, 1.165) is 0 Å². The Labute approximate surface area is 213 Å². The predicted octanol–water partition coefficient (Wildman–Crippen LogP) is 4.11. The molecule has 1 atom stereocenters. The second-order valence-electron chi connectivity index (χ2n) is 9.37. The topological polar surface area (TPSA) is 88.5 Å². The summed E-state index contributed by atoms with van der Waals surface area (Å²) in [5, 5.41) is 11.3. The lowest BCUT2D eigenvalue weighted by Gasteiger charge is -2.27. The molecule has 1 fully saturated rings. The number of hydrogen-bond donors (Lipinski definition) is 1. The maximum Gasteiger partial charge on any atom is 0.295 e. The highest BCUT2D eigenvalue weighted by Crippen LogP contribution is 2.42. The molecule has 1 amide bonds. The number of methoxy groups -OCH3 is 1. The summed E-state index contributed by atoms with van der Waals surface area (Å²) in [7, 11) is 5.33. The molecule has 0 unspecified atom stereocenters. The molecular formula is C28H36N2O6. The Kier molecular flexibility index (Phi) is 8.98. The Balaban J connectivity index is 2.08. The Morgan fingerprint density at radius 3 is 2.33 bits per heavy atom. The van der Waals surface area contributed by atoms with Gasteiger partial charge in [-0.1, -0.05) is 19.9 Å².